The van der Waals surface area contributed by atoms with Crippen LogP contribution in [0.3, 0.4) is 0 Å². The molecule has 1 N–H and O–H groups in total. The normalized spacial score (nSPS) is 11.7. The molecule has 0 aliphatic carbocycles. The summed E-state index contributed by atoms with van der Waals surface area (Å²) in [5.41, 5.74) is 2.54. The van der Waals surface area contributed by atoms with Crippen molar-refractivity contribution in [3.63, 3.8) is 0 Å². The molecule has 122 valence electrons. The first kappa shape index (κ1) is 15.8. The maximum atomic E-state index is 11.6. The van der Waals surface area contributed by atoms with Crippen LogP contribution in [-0.4, -0.2) is 17.6 Å². The molecule has 0 radical (unpaired) electrons. The lowest BCUT2D eigenvalue weighted by Gasteiger charge is -2.10. The van der Waals surface area contributed by atoms with E-state index in [1.54, 1.807) is 23.8 Å². The van der Waals surface area contributed by atoms with Gasteiger partial charge in [0.05, 0.1) is 12.6 Å². The molecule has 1 aromatic heterocycles. The number of para-hydroxylation sites is 1. The molecule has 0 fully saturated rings. The number of pyridine rings is 1. The number of anilines is 1. The zero-order valence-electron chi connectivity index (χ0n) is 13.6. The minimum absolute atomic E-state index is 0.00880. The first-order valence-electron chi connectivity index (χ1n) is 7.72. The monoisotopic (exact) mass is 322 g/mol. The zero-order chi connectivity index (χ0) is 17.1. The molecule has 1 aliphatic rings. The summed E-state index contributed by atoms with van der Waals surface area (Å²) in [6.07, 6.45) is 0. The predicted molar refractivity (Wildman–Crippen MR) is 94.8 cm³/mol. The van der Waals surface area contributed by atoms with E-state index in [-0.39, 0.29) is 11.5 Å². The van der Waals surface area contributed by atoms with Crippen molar-refractivity contribution in [3.8, 4) is 5.75 Å². The van der Waals surface area contributed by atoms with Gasteiger partial charge in [-0.05, 0) is 37.3 Å². The average Bonchev–Trinajstić information content (AvgIpc) is 2.86. The van der Waals surface area contributed by atoms with Crippen molar-refractivity contribution in [2.24, 2.45) is 0 Å². The summed E-state index contributed by atoms with van der Waals surface area (Å²) < 4.78 is 6.98. The molecule has 2 bridgehead atoms. The van der Waals surface area contributed by atoms with Gasteiger partial charge in [-0.15, -0.1) is 0 Å². The molecule has 3 aromatic rings. The number of hydrogen-bond donors (Lipinski definition) is 1. The SMILES string of the molecule is CCn1c(=O)ccc2cccc(OC)c21.O=C1Nc2cccc1c2. The van der Waals surface area contributed by atoms with Crippen LogP contribution in [0.25, 0.3) is 10.9 Å². The van der Waals surface area contributed by atoms with Gasteiger partial charge in [0.25, 0.3) is 11.5 Å². The van der Waals surface area contributed by atoms with Gasteiger partial charge in [0, 0.05) is 29.2 Å². The molecule has 1 amide bonds. The van der Waals surface area contributed by atoms with E-state index in [4.69, 9.17) is 4.74 Å². The van der Waals surface area contributed by atoms with Crippen molar-refractivity contribution in [2.45, 2.75) is 13.5 Å². The van der Waals surface area contributed by atoms with Crippen molar-refractivity contribution < 1.29 is 9.53 Å². The van der Waals surface area contributed by atoms with Gasteiger partial charge >= 0.3 is 0 Å². The second-order valence-corrected chi connectivity index (χ2v) is 5.35. The number of amides is 1. The second-order valence-electron chi connectivity index (χ2n) is 5.35. The number of carbonyl (C=O) groups is 1. The molecule has 4 rings (SSSR count). The van der Waals surface area contributed by atoms with Crippen LogP contribution in [0.15, 0.2) is 59.4 Å². The zero-order valence-corrected chi connectivity index (χ0v) is 13.6. The van der Waals surface area contributed by atoms with Gasteiger partial charge in [-0.3, -0.25) is 9.59 Å². The Morgan fingerprint density at radius 1 is 1.04 bits per heavy atom. The van der Waals surface area contributed by atoms with Gasteiger partial charge in [0.1, 0.15) is 5.75 Å². The fourth-order valence-electron chi connectivity index (χ4n) is 2.74. The molecule has 0 saturated carbocycles. The molecular weight excluding hydrogens is 304 g/mol. The summed E-state index contributed by atoms with van der Waals surface area (Å²) in [7, 11) is 1.62. The number of aryl methyl sites for hydroxylation is 1. The molecule has 24 heavy (non-hydrogen) atoms. The van der Waals surface area contributed by atoms with Crippen molar-refractivity contribution in [1.82, 2.24) is 4.57 Å². The number of nitrogens with one attached hydrogen (secondary N) is 1. The third-order valence-electron chi connectivity index (χ3n) is 3.89. The van der Waals surface area contributed by atoms with E-state index >= 15 is 0 Å². The van der Waals surface area contributed by atoms with E-state index in [1.165, 1.54) is 0 Å². The predicted octanol–water partition coefficient (Wildman–Crippen LogP) is 3.28. The average molecular weight is 322 g/mol. The largest absolute Gasteiger partial charge is 0.495 e. The topological polar surface area (TPSA) is 60.3 Å². The van der Waals surface area contributed by atoms with Crippen molar-refractivity contribution >= 4 is 22.5 Å². The van der Waals surface area contributed by atoms with E-state index in [0.29, 0.717) is 6.54 Å². The number of fused-ring (bicyclic) bond motifs is 3. The van der Waals surface area contributed by atoms with E-state index in [0.717, 1.165) is 27.9 Å². The number of carbonyl (C=O) groups excluding carboxylic acids is 1. The summed E-state index contributed by atoms with van der Waals surface area (Å²) in [5.74, 6) is 0.752. The first-order valence-corrected chi connectivity index (χ1v) is 7.72. The highest BCUT2D eigenvalue weighted by atomic mass is 16.5. The highest BCUT2D eigenvalue weighted by molar-refractivity contribution is 6.09. The fraction of sp³-hybridized carbons (Fsp3) is 0.158. The van der Waals surface area contributed by atoms with E-state index in [9.17, 15) is 9.59 Å². The van der Waals surface area contributed by atoms with E-state index in [1.807, 2.05) is 49.4 Å². The highest BCUT2D eigenvalue weighted by Crippen LogP contribution is 2.23. The molecule has 5 nitrogen and oxygen atoms in total. The molecule has 0 spiro atoms. The number of ether oxygens (including phenoxy) is 1. The van der Waals surface area contributed by atoms with Gasteiger partial charge in [0.15, 0.2) is 0 Å². The third kappa shape index (κ3) is 2.88. The Bertz CT molecular complexity index is 960. The number of methoxy groups -OCH3 is 1. The van der Waals surface area contributed by atoms with Crippen LogP contribution in [-0.2, 0) is 6.54 Å². The molecule has 5 heteroatoms. The van der Waals surface area contributed by atoms with Crippen LogP contribution in [0.1, 0.15) is 17.3 Å². The Morgan fingerprint density at radius 3 is 2.50 bits per heavy atom. The van der Waals surface area contributed by atoms with Crippen molar-refractivity contribution in [2.75, 3.05) is 12.4 Å². The van der Waals surface area contributed by atoms with Crippen LogP contribution in [0.2, 0.25) is 0 Å². The van der Waals surface area contributed by atoms with Gasteiger partial charge < -0.3 is 14.6 Å². The lowest BCUT2D eigenvalue weighted by atomic mass is 10.2. The maximum Gasteiger partial charge on any atom is 0.255 e. The standard InChI is InChI=1S/C12H13NO2.C7H5NO/c1-3-13-11(14)8-7-9-5-4-6-10(15-2)12(9)13;9-7-5-2-1-3-6(4-5)8-7/h4-8H,3H2,1-2H3;1-4H,(H,8,9). The van der Waals surface area contributed by atoms with E-state index < -0.39 is 0 Å². The lowest BCUT2D eigenvalue weighted by molar-refractivity contribution is 0.103. The Kier molecular flexibility index (Phi) is 4.33. The number of rotatable bonds is 2. The van der Waals surface area contributed by atoms with E-state index in [2.05, 4.69) is 5.32 Å². The molecule has 2 aromatic carbocycles. The number of hydrogen-bond acceptors (Lipinski definition) is 3. The number of nitrogens with zero attached hydrogens (tertiary/aromatic N) is 1. The molecule has 2 heterocycles. The van der Waals surface area contributed by atoms with Gasteiger partial charge in [-0.2, -0.15) is 0 Å². The van der Waals surface area contributed by atoms with Gasteiger partial charge in [-0.25, -0.2) is 0 Å². The van der Waals surface area contributed by atoms with Crippen molar-refractivity contribution in [3.05, 3.63) is 70.5 Å². The Labute approximate surface area is 139 Å². The number of aromatic nitrogens is 1. The Balaban J connectivity index is 0.000000159. The minimum Gasteiger partial charge on any atom is -0.495 e. The molecule has 0 saturated heterocycles. The molecule has 0 atom stereocenters. The quantitative estimate of drug-likeness (QED) is 0.787. The fourth-order valence-corrected chi connectivity index (χ4v) is 2.74. The smallest absolute Gasteiger partial charge is 0.255 e. The van der Waals surface area contributed by atoms with Crippen LogP contribution in [0.4, 0.5) is 5.69 Å². The van der Waals surface area contributed by atoms with Gasteiger partial charge in [0.2, 0.25) is 0 Å². The maximum absolute atomic E-state index is 11.6. The van der Waals surface area contributed by atoms with Gasteiger partial charge in [-0.1, -0.05) is 18.2 Å². The second kappa shape index (κ2) is 6.58. The summed E-state index contributed by atoms with van der Waals surface area (Å²) in [6.45, 7) is 2.60. The first-order chi connectivity index (χ1) is 11.6. The van der Waals surface area contributed by atoms with Crippen LogP contribution >= 0.6 is 0 Å². The Morgan fingerprint density at radius 2 is 1.83 bits per heavy atom. The summed E-state index contributed by atoms with van der Waals surface area (Å²) in [5, 5.41) is 3.71. The Hall–Kier alpha value is -3.08. The van der Waals surface area contributed by atoms with Crippen LogP contribution in [0.5, 0.6) is 5.75 Å². The third-order valence-corrected chi connectivity index (χ3v) is 3.89. The lowest BCUT2D eigenvalue weighted by Crippen LogP contribution is -2.18. The summed E-state index contributed by atoms with van der Waals surface area (Å²) in [6, 6.07) is 16.5. The molecular formula is C19H18N2O3. The summed E-state index contributed by atoms with van der Waals surface area (Å²) >= 11 is 0. The summed E-state index contributed by atoms with van der Waals surface area (Å²) in [4.78, 5) is 22.4. The van der Waals surface area contributed by atoms with Crippen LogP contribution in [0, 0.1) is 0 Å². The highest BCUT2D eigenvalue weighted by Gasteiger charge is 2.12. The van der Waals surface area contributed by atoms with Crippen LogP contribution < -0.4 is 15.6 Å². The number of benzene rings is 2. The molecule has 0 unspecified atom stereocenters. The molecule has 1 aliphatic heterocycles. The minimum atomic E-state index is 0.00880. The van der Waals surface area contributed by atoms with Crippen molar-refractivity contribution in [1.29, 1.82) is 0 Å².